The van der Waals surface area contributed by atoms with Gasteiger partial charge in [0.1, 0.15) is 16.4 Å². The van der Waals surface area contributed by atoms with Crippen molar-refractivity contribution in [2.45, 2.75) is 4.90 Å². The molecule has 1 aromatic heterocycles. The van der Waals surface area contributed by atoms with Crippen molar-refractivity contribution in [1.82, 2.24) is 0 Å². The number of halogens is 1. The molecule has 2 N–H and O–H groups in total. The van der Waals surface area contributed by atoms with Gasteiger partial charge in [0, 0.05) is 11.8 Å². The Morgan fingerprint density at radius 3 is 2.66 bits per heavy atom. The lowest BCUT2D eigenvalue weighted by Gasteiger charge is -2.13. The Kier molecular flexibility index (Phi) is 6.26. The molecule has 2 aromatic carbocycles. The number of benzene rings is 2. The SMILES string of the molecule is COc1ccccc1NS(=O)(=O)c1cc(NC(=O)C=Cc2ccco2)ccc1Cl. The molecular weight excluding hydrogens is 416 g/mol. The van der Waals surface area contributed by atoms with Gasteiger partial charge in [0.2, 0.25) is 5.91 Å². The minimum absolute atomic E-state index is 0.0107. The summed E-state index contributed by atoms with van der Waals surface area (Å²) in [4.78, 5) is 11.9. The van der Waals surface area contributed by atoms with Crippen LogP contribution in [0.5, 0.6) is 5.75 Å². The summed E-state index contributed by atoms with van der Waals surface area (Å²) in [6, 6.07) is 14.1. The van der Waals surface area contributed by atoms with Crippen molar-refractivity contribution in [2.24, 2.45) is 0 Å². The smallest absolute Gasteiger partial charge is 0.263 e. The van der Waals surface area contributed by atoms with Gasteiger partial charge in [-0.05, 0) is 48.5 Å². The molecule has 0 atom stereocenters. The summed E-state index contributed by atoms with van der Waals surface area (Å²) in [7, 11) is -2.59. The van der Waals surface area contributed by atoms with E-state index in [0.717, 1.165) is 0 Å². The lowest BCUT2D eigenvalue weighted by Crippen LogP contribution is -2.15. The van der Waals surface area contributed by atoms with Gasteiger partial charge in [0.05, 0.1) is 24.1 Å². The molecule has 0 saturated heterocycles. The fourth-order valence-electron chi connectivity index (χ4n) is 2.44. The van der Waals surface area contributed by atoms with E-state index in [1.54, 1.807) is 36.4 Å². The summed E-state index contributed by atoms with van der Waals surface area (Å²) in [5.74, 6) is 0.421. The average molecular weight is 433 g/mol. The van der Waals surface area contributed by atoms with E-state index in [1.807, 2.05) is 0 Å². The highest BCUT2D eigenvalue weighted by Gasteiger charge is 2.20. The molecule has 3 rings (SSSR count). The van der Waals surface area contributed by atoms with Gasteiger partial charge in [-0.2, -0.15) is 0 Å². The predicted octanol–water partition coefficient (Wildman–Crippen LogP) is 4.39. The molecule has 3 aromatic rings. The van der Waals surface area contributed by atoms with Crippen LogP contribution in [0.1, 0.15) is 5.76 Å². The monoisotopic (exact) mass is 432 g/mol. The molecule has 0 fully saturated rings. The Balaban J connectivity index is 1.81. The van der Waals surface area contributed by atoms with Crippen LogP contribution in [-0.4, -0.2) is 21.4 Å². The van der Waals surface area contributed by atoms with E-state index < -0.39 is 15.9 Å². The number of hydrogen-bond acceptors (Lipinski definition) is 5. The summed E-state index contributed by atoms with van der Waals surface area (Å²) in [5.41, 5.74) is 0.533. The number of rotatable bonds is 7. The van der Waals surface area contributed by atoms with E-state index in [2.05, 4.69) is 10.0 Å². The second kappa shape index (κ2) is 8.85. The zero-order valence-corrected chi connectivity index (χ0v) is 16.8. The van der Waals surface area contributed by atoms with Crippen molar-refractivity contribution in [3.63, 3.8) is 0 Å². The number of methoxy groups -OCH3 is 1. The Morgan fingerprint density at radius 2 is 1.93 bits per heavy atom. The first-order valence-corrected chi connectivity index (χ1v) is 10.2. The van der Waals surface area contributed by atoms with E-state index in [0.29, 0.717) is 11.5 Å². The first-order chi connectivity index (χ1) is 13.9. The molecule has 9 heteroatoms. The highest BCUT2D eigenvalue weighted by atomic mass is 35.5. The number of furan rings is 1. The standard InChI is InChI=1S/C20H17ClN2O5S/c1-27-18-7-3-2-6-17(18)23-29(25,26)19-13-14(8-10-16(19)21)22-20(24)11-9-15-5-4-12-28-15/h2-13,23H,1H3,(H,22,24). The van der Waals surface area contributed by atoms with Gasteiger partial charge < -0.3 is 14.5 Å². The number of amides is 1. The Morgan fingerprint density at radius 1 is 1.14 bits per heavy atom. The number of carbonyl (C=O) groups excluding carboxylic acids is 1. The van der Waals surface area contributed by atoms with Crippen LogP contribution in [0.4, 0.5) is 11.4 Å². The normalized spacial score (nSPS) is 11.4. The van der Waals surface area contributed by atoms with Gasteiger partial charge >= 0.3 is 0 Å². The third-order valence-corrected chi connectivity index (χ3v) is 5.63. The maximum atomic E-state index is 12.8. The lowest BCUT2D eigenvalue weighted by atomic mass is 10.3. The van der Waals surface area contributed by atoms with Gasteiger partial charge in [-0.3, -0.25) is 9.52 Å². The summed E-state index contributed by atoms with van der Waals surface area (Å²) in [6.07, 6.45) is 4.25. The zero-order chi connectivity index (χ0) is 20.9. The molecule has 0 saturated carbocycles. The van der Waals surface area contributed by atoms with Crippen molar-refractivity contribution in [3.05, 3.63) is 77.7 Å². The van der Waals surface area contributed by atoms with Crippen molar-refractivity contribution < 1.29 is 22.4 Å². The molecule has 150 valence electrons. The van der Waals surface area contributed by atoms with Crippen LogP contribution in [0.3, 0.4) is 0 Å². The van der Waals surface area contributed by atoms with Crippen molar-refractivity contribution in [1.29, 1.82) is 0 Å². The first kappa shape index (κ1) is 20.5. The van der Waals surface area contributed by atoms with Crippen LogP contribution in [0.25, 0.3) is 6.08 Å². The quantitative estimate of drug-likeness (QED) is 0.539. The van der Waals surface area contributed by atoms with E-state index in [9.17, 15) is 13.2 Å². The van der Waals surface area contributed by atoms with Gasteiger partial charge in [-0.15, -0.1) is 0 Å². The van der Waals surface area contributed by atoms with Crippen LogP contribution in [0.15, 0.2) is 76.2 Å². The number of sulfonamides is 1. The first-order valence-electron chi connectivity index (χ1n) is 8.37. The summed E-state index contributed by atoms with van der Waals surface area (Å²) < 4.78 is 38.3. The topological polar surface area (TPSA) is 97.6 Å². The molecule has 1 heterocycles. The van der Waals surface area contributed by atoms with Gasteiger partial charge in [0.25, 0.3) is 10.0 Å². The van der Waals surface area contributed by atoms with E-state index in [4.69, 9.17) is 20.8 Å². The Labute approximate surface area is 173 Å². The number of ether oxygens (including phenoxy) is 1. The lowest BCUT2D eigenvalue weighted by molar-refractivity contribution is -0.111. The number of para-hydroxylation sites is 2. The summed E-state index contributed by atoms with van der Waals surface area (Å²) in [6.45, 7) is 0. The maximum Gasteiger partial charge on any atom is 0.263 e. The highest BCUT2D eigenvalue weighted by molar-refractivity contribution is 7.92. The molecule has 0 spiro atoms. The molecular formula is C20H17ClN2O5S. The van der Waals surface area contributed by atoms with Crippen LogP contribution in [0.2, 0.25) is 5.02 Å². The number of nitrogens with one attached hydrogen (secondary N) is 2. The van der Waals surface area contributed by atoms with Crippen molar-refractivity contribution in [2.75, 3.05) is 17.1 Å². The fraction of sp³-hybridized carbons (Fsp3) is 0.0500. The molecule has 29 heavy (non-hydrogen) atoms. The third kappa shape index (κ3) is 5.18. The molecule has 7 nitrogen and oxygen atoms in total. The zero-order valence-electron chi connectivity index (χ0n) is 15.3. The van der Waals surface area contributed by atoms with Crippen LogP contribution < -0.4 is 14.8 Å². The van der Waals surface area contributed by atoms with Crippen molar-refractivity contribution in [3.8, 4) is 5.75 Å². The van der Waals surface area contributed by atoms with E-state index in [-0.39, 0.29) is 21.3 Å². The highest BCUT2D eigenvalue weighted by Crippen LogP contribution is 2.30. The average Bonchev–Trinajstić information content (AvgIpc) is 3.21. The minimum atomic E-state index is -4.03. The number of hydrogen-bond donors (Lipinski definition) is 2. The number of anilines is 2. The van der Waals surface area contributed by atoms with Crippen molar-refractivity contribution >= 4 is 45.0 Å². The van der Waals surface area contributed by atoms with E-state index >= 15 is 0 Å². The van der Waals surface area contributed by atoms with Crippen LogP contribution in [-0.2, 0) is 14.8 Å². The predicted molar refractivity (Wildman–Crippen MR) is 112 cm³/mol. The summed E-state index contributed by atoms with van der Waals surface area (Å²) >= 11 is 6.10. The van der Waals surface area contributed by atoms with Crippen LogP contribution in [0, 0.1) is 0 Å². The van der Waals surface area contributed by atoms with E-state index in [1.165, 1.54) is 43.7 Å². The van der Waals surface area contributed by atoms with Gasteiger partial charge in [-0.25, -0.2) is 8.42 Å². The number of carbonyl (C=O) groups is 1. The van der Waals surface area contributed by atoms with Crippen LogP contribution >= 0.6 is 11.6 Å². The second-order valence-corrected chi connectivity index (χ2v) is 7.85. The molecule has 0 aliphatic heterocycles. The Bertz CT molecular complexity index is 1140. The maximum absolute atomic E-state index is 12.8. The molecule has 1 amide bonds. The van der Waals surface area contributed by atoms with Gasteiger partial charge in [0.15, 0.2) is 0 Å². The Hall–Kier alpha value is -3.23. The fourth-order valence-corrected chi connectivity index (χ4v) is 4.04. The largest absolute Gasteiger partial charge is 0.495 e. The molecule has 0 radical (unpaired) electrons. The third-order valence-electron chi connectivity index (χ3n) is 3.78. The summed E-state index contributed by atoms with van der Waals surface area (Å²) in [5, 5.41) is 2.60. The minimum Gasteiger partial charge on any atom is -0.495 e. The molecule has 0 unspecified atom stereocenters. The molecule has 0 bridgehead atoms. The van der Waals surface area contributed by atoms with Gasteiger partial charge in [-0.1, -0.05) is 23.7 Å². The second-order valence-electron chi connectivity index (χ2n) is 5.79. The molecule has 0 aliphatic rings. The molecule has 0 aliphatic carbocycles.